The summed E-state index contributed by atoms with van der Waals surface area (Å²) in [5.41, 5.74) is 6.01. The lowest BCUT2D eigenvalue weighted by molar-refractivity contribution is 0.621. The lowest BCUT2D eigenvalue weighted by Gasteiger charge is -1.95. The molecule has 2 rings (SSSR count). The van der Waals surface area contributed by atoms with Gasteiger partial charge in [0.2, 0.25) is 0 Å². The van der Waals surface area contributed by atoms with E-state index in [-0.39, 0.29) is 0 Å². The largest absolute Gasteiger partial charge is 0.383 e. The molecule has 0 aromatic carbocycles. The lowest BCUT2D eigenvalue weighted by atomic mass is 10.2. The van der Waals surface area contributed by atoms with Gasteiger partial charge in [0.05, 0.1) is 11.8 Å². The van der Waals surface area contributed by atoms with Crippen LogP contribution in [0.15, 0.2) is 12.3 Å². The Balaban J connectivity index is 2.28. The second kappa shape index (κ2) is 3.06. The summed E-state index contributed by atoms with van der Waals surface area (Å²) in [6.45, 7) is 0. The number of aromatic nitrogens is 1. The highest BCUT2D eigenvalue weighted by Gasteiger charge is 2.17. The smallest absolute Gasteiger partial charge is 0.142 e. The molecule has 0 bridgehead atoms. The Bertz CT molecular complexity index is 386. The van der Waals surface area contributed by atoms with E-state index in [2.05, 4.69) is 16.8 Å². The normalized spacial score (nSPS) is 14.8. The monoisotopic (exact) mass is 176 g/mol. The van der Waals surface area contributed by atoms with Gasteiger partial charge in [-0.1, -0.05) is 11.8 Å². The predicted molar refractivity (Wildman–Crippen MR) is 48.2 cm³/mol. The highest BCUT2D eigenvalue weighted by atomic mass is 19.1. The van der Waals surface area contributed by atoms with Crippen molar-refractivity contribution in [3.63, 3.8) is 0 Å². The summed E-state index contributed by atoms with van der Waals surface area (Å²) >= 11 is 0. The molecule has 1 heterocycles. The van der Waals surface area contributed by atoms with Crippen molar-refractivity contribution >= 4 is 5.82 Å². The molecule has 2 nitrogen and oxygen atoms in total. The first-order chi connectivity index (χ1) is 6.25. The van der Waals surface area contributed by atoms with Crippen molar-refractivity contribution in [2.24, 2.45) is 5.92 Å². The molecule has 13 heavy (non-hydrogen) atoms. The van der Waals surface area contributed by atoms with Gasteiger partial charge >= 0.3 is 0 Å². The fourth-order valence-corrected chi connectivity index (χ4v) is 0.957. The second-order valence-electron chi connectivity index (χ2n) is 3.13. The summed E-state index contributed by atoms with van der Waals surface area (Å²) in [5.74, 6) is 6.24. The molecule has 66 valence electrons. The first-order valence-electron chi connectivity index (χ1n) is 4.18. The number of halogens is 1. The zero-order chi connectivity index (χ0) is 9.26. The van der Waals surface area contributed by atoms with Crippen LogP contribution in [0.1, 0.15) is 18.4 Å². The summed E-state index contributed by atoms with van der Waals surface area (Å²) in [6.07, 6.45) is 3.39. The molecule has 1 aliphatic carbocycles. The van der Waals surface area contributed by atoms with Crippen molar-refractivity contribution in [3.05, 3.63) is 23.6 Å². The third kappa shape index (κ3) is 1.97. The molecule has 1 fully saturated rings. The standard InChI is InChI=1S/C10H9FN2/c11-9-5-8(10(12)13-6-9)4-3-7-1-2-7/h5-7H,1-2H2,(H2,12,13). The van der Waals surface area contributed by atoms with Gasteiger partial charge in [0.15, 0.2) is 0 Å². The van der Waals surface area contributed by atoms with E-state index in [1.807, 2.05) is 0 Å². The maximum Gasteiger partial charge on any atom is 0.142 e. The van der Waals surface area contributed by atoms with Crippen LogP contribution in [0.4, 0.5) is 10.2 Å². The van der Waals surface area contributed by atoms with Crippen molar-refractivity contribution in [3.8, 4) is 11.8 Å². The van der Waals surface area contributed by atoms with Crippen LogP contribution < -0.4 is 5.73 Å². The van der Waals surface area contributed by atoms with Crippen molar-refractivity contribution in [1.82, 2.24) is 4.98 Å². The number of nitrogens with two attached hydrogens (primary N) is 1. The minimum atomic E-state index is -0.394. The Morgan fingerprint density at radius 1 is 1.54 bits per heavy atom. The van der Waals surface area contributed by atoms with Crippen molar-refractivity contribution < 1.29 is 4.39 Å². The zero-order valence-corrected chi connectivity index (χ0v) is 7.05. The van der Waals surface area contributed by atoms with Gasteiger partial charge in [-0.05, 0) is 18.9 Å². The van der Waals surface area contributed by atoms with Gasteiger partial charge < -0.3 is 5.73 Å². The van der Waals surface area contributed by atoms with Gasteiger partial charge in [-0.25, -0.2) is 9.37 Å². The SMILES string of the molecule is Nc1ncc(F)cc1C#CC1CC1. The number of hydrogen-bond donors (Lipinski definition) is 1. The minimum absolute atomic E-state index is 0.301. The molecule has 2 N–H and O–H groups in total. The number of nitrogen functional groups attached to an aromatic ring is 1. The summed E-state index contributed by atoms with van der Waals surface area (Å²) in [5, 5.41) is 0. The predicted octanol–water partition coefficient (Wildman–Crippen LogP) is 1.56. The first-order valence-corrected chi connectivity index (χ1v) is 4.18. The molecule has 0 saturated heterocycles. The van der Waals surface area contributed by atoms with E-state index in [1.165, 1.54) is 6.07 Å². The van der Waals surface area contributed by atoms with Gasteiger partial charge in [0.25, 0.3) is 0 Å². The molecule has 1 aromatic rings. The molecule has 0 atom stereocenters. The molecule has 0 unspecified atom stereocenters. The Labute approximate surface area is 76.0 Å². The van der Waals surface area contributed by atoms with E-state index in [1.54, 1.807) is 0 Å². The Hall–Kier alpha value is -1.56. The van der Waals surface area contributed by atoms with Crippen LogP contribution in [0, 0.1) is 23.6 Å². The van der Waals surface area contributed by atoms with Crippen LogP contribution >= 0.6 is 0 Å². The summed E-state index contributed by atoms with van der Waals surface area (Å²) in [6, 6.07) is 1.32. The number of pyridine rings is 1. The third-order valence-corrected chi connectivity index (χ3v) is 1.87. The number of anilines is 1. The molecule has 0 amide bonds. The Kier molecular flexibility index (Phi) is 1.90. The van der Waals surface area contributed by atoms with E-state index >= 15 is 0 Å². The van der Waals surface area contributed by atoms with E-state index in [9.17, 15) is 4.39 Å². The third-order valence-electron chi connectivity index (χ3n) is 1.87. The molecular formula is C10H9FN2. The average molecular weight is 176 g/mol. The van der Waals surface area contributed by atoms with E-state index in [0.717, 1.165) is 19.0 Å². The number of nitrogens with zero attached hydrogens (tertiary/aromatic N) is 1. The molecule has 0 spiro atoms. The van der Waals surface area contributed by atoms with Crippen LogP contribution in [-0.4, -0.2) is 4.98 Å². The van der Waals surface area contributed by atoms with Gasteiger partial charge in [-0.3, -0.25) is 0 Å². The van der Waals surface area contributed by atoms with Crippen LogP contribution in [-0.2, 0) is 0 Å². The molecule has 1 aromatic heterocycles. The van der Waals surface area contributed by atoms with Gasteiger partial charge in [0.1, 0.15) is 11.6 Å². The van der Waals surface area contributed by atoms with Crippen molar-refractivity contribution in [2.75, 3.05) is 5.73 Å². The lowest BCUT2D eigenvalue weighted by Crippen LogP contribution is -1.95. The summed E-state index contributed by atoms with van der Waals surface area (Å²) in [7, 11) is 0. The quantitative estimate of drug-likeness (QED) is 0.609. The Morgan fingerprint density at radius 3 is 3.00 bits per heavy atom. The zero-order valence-electron chi connectivity index (χ0n) is 7.05. The van der Waals surface area contributed by atoms with Crippen LogP contribution in [0.5, 0.6) is 0 Å². The Morgan fingerprint density at radius 2 is 2.31 bits per heavy atom. The van der Waals surface area contributed by atoms with E-state index in [4.69, 9.17) is 5.73 Å². The summed E-state index contributed by atoms with van der Waals surface area (Å²) < 4.78 is 12.7. The average Bonchev–Trinajstić information content (AvgIpc) is 2.90. The summed E-state index contributed by atoms with van der Waals surface area (Å²) in [4.78, 5) is 3.68. The number of rotatable bonds is 0. The van der Waals surface area contributed by atoms with Crippen LogP contribution in [0.25, 0.3) is 0 Å². The van der Waals surface area contributed by atoms with E-state index in [0.29, 0.717) is 17.3 Å². The fraction of sp³-hybridized carbons (Fsp3) is 0.300. The van der Waals surface area contributed by atoms with Crippen LogP contribution in [0.2, 0.25) is 0 Å². The highest BCUT2D eigenvalue weighted by molar-refractivity contribution is 5.50. The molecule has 3 heteroatoms. The fourth-order valence-electron chi connectivity index (χ4n) is 0.957. The van der Waals surface area contributed by atoms with Crippen LogP contribution in [0.3, 0.4) is 0 Å². The first kappa shape index (κ1) is 8.06. The highest BCUT2D eigenvalue weighted by Crippen LogP contribution is 2.27. The maximum atomic E-state index is 12.7. The van der Waals surface area contributed by atoms with Gasteiger partial charge in [-0.2, -0.15) is 0 Å². The second-order valence-corrected chi connectivity index (χ2v) is 3.13. The molecule has 1 aliphatic rings. The molecule has 1 saturated carbocycles. The molecule has 0 radical (unpaired) electrons. The van der Waals surface area contributed by atoms with Crippen molar-refractivity contribution in [1.29, 1.82) is 0 Å². The maximum absolute atomic E-state index is 12.7. The van der Waals surface area contributed by atoms with Gasteiger partial charge in [-0.15, -0.1) is 0 Å². The molecular weight excluding hydrogens is 167 g/mol. The van der Waals surface area contributed by atoms with Crippen molar-refractivity contribution in [2.45, 2.75) is 12.8 Å². The minimum Gasteiger partial charge on any atom is -0.383 e. The molecule has 0 aliphatic heterocycles. The van der Waals surface area contributed by atoms with E-state index < -0.39 is 5.82 Å². The van der Waals surface area contributed by atoms with Gasteiger partial charge in [0, 0.05) is 5.92 Å². The number of hydrogen-bond acceptors (Lipinski definition) is 2. The topological polar surface area (TPSA) is 38.9 Å².